The number of rotatable bonds is 13. The van der Waals surface area contributed by atoms with E-state index in [0.29, 0.717) is 6.61 Å². The molecule has 2 heteroatoms. The average molecular weight is 331 g/mol. The van der Waals surface area contributed by atoms with Gasteiger partial charge in [0.15, 0.2) is 0 Å². The lowest BCUT2D eigenvalue weighted by Crippen LogP contribution is -2.16. The molecular formula is C22H34O2. The van der Waals surface area contributed by atoms with Crippen molar-refractivity contribution in [2.24, 2.45) is 0 Å². The zero-order valence-electron chi connectivity index (χ0n) is 15.6. The van der Waals surface area contributed by atoms with Gasteiger partial charge < -0.3 is 9.47 Å². The maximum atomic E-state index is 5.76. The summed E-state index contributed by atoms with van der Waals surface area (Å²) in [5, 5.41) is 0. The number of unbranched alkanes of at least 4 members (excludes halogenated alkanes) is 6. The van der Waals surface area contributed by atoms with E-state index in [-0.39, 0.29) is 5.60 Å². The molecule has 0 N–H and O–H groups in total. The van der Waals surface area contributed by atoms with E-state index in [1.807, 2.05) is 0 Å². The van der Waals surface area contributed by atoms with Gasteiger partial charge in [-0.3, -0.25) is 0 Å². The van der Waals surface area contributed by atoms with Crippen LogP contribution >= 0.6 is 0 Å². The molecule has 1 saturated heterocycles. The van der Waals surface area contributed by atoms with Crippen LogP contribution in [0.25, 0.3) is 0 Å². The lowest BCUT2D eigenvalue weighted by Gasteiger charge is -2.09. The fourth-order valence-electron chi connectivity index (χ4n) is 2.72. The molecule has 0 aliphatic carbocycles. The molecule has 1 aliphatic heterocycles. The van der Waals surface area contributed by atoms with Crippen LogP contribution in [-0.2, 0) is 11.2 Å². The smallest absolute Gasteiger partial charge is 0.123 e. The number of hydrogen-bond donors (Lipinski definition) is 0. The minimum absolute atomic E-state index is 0.0372. The van der Waals surface area contributed by atoms with Gasteiger partial charge in [0.2, 0.25) is 0 Å². The van der Waals surface area contributed by atoms with Gasteiger partial charge in [-0.1, -0.05) is 56.9 Å². The molecule has 134 valence electrons. The van der Waals surface area contributed by atoms with Gasteiger partial charge in [-0.05, 0) is 56.7 Å². The Morgan fingerprint density at radius 3 is 2.38 bits per heavy atom. The Morgan fingerprint density at radius 1 is 1.00 bits per heavy atom. The standard InChI is InChI=1S/C22H34O2/c1-3-4-5-6-7-8-9-10-11-12-13-20-14-16-21(17-15-20)23-18-22(2)19-24-22/h5-6,14-17H,3-4,7-13,18-19H2,1-2H3/b6-5+. The Hall–Kier alpha value is -1.28. The van der Waals surface area contributed by atoms with Gasteiger partial charge >= 0.3 is 0 Å². The molecule has 2 rings (SSSR count). The van der Waals surface area contributed by atoms with E-state index >= 15 is 0 Å². The van der Waals surface area contributed by atoms with Crippen molar-refractivity contribution >= 4 is 0 Å². The van der Waals surface area contributed by atoms with Crippen molar-refractivity contribution in [3.63, 3.8) is 0 Å². The number of hydrogen-bond acceptors (Lipinski definition) is 2. The Kier molecular flexibility index (Phi) is 8.38. The zero-order chi connectivity index (χ0) is 17.1. The largest absolute Gasteiger partial charge is 0.491 e. The maximum absolute atomic E-state index is 5.76. The van der Waals surface area contributed by atoms with E-state index in [2.05, 4.69) is 50.3 Å². The van der Waals surface area contributed by atoms with Gasteiger partial charge in [0.25, 0.3) is 0 Å². The molecular weight excluding hydrogens is 296 g/mol. The van der Waals surface area contributed by atoms with Crippen molar-refractivity contribution in [3.05, 3.63) is 42.0 Å². The minimum Gasteiger partial charge on any atom is -0.491 e. The van der Waals surface area contributed by atoms with Crippen molar-refractivity contribution < 1.29 is 9.47 Å². The summed E-state index contributed by atoms with van der Waals surface area (Å²) < 4.78 is 11.1. The van der Waals surface area contributed by atoms with Gasteiger partial charge in [0.1, 0.15) is 18.0 Å². The molecule has 0 amide bonds. The number of epoxide rings is 1. The first-order chi connectivity index (χ1) is 11.7. The SMILES string of the molecule is CCC/C=C/CCCCCCCc1ccc(OCC2(C)CO2)cc1. The van der Waals surface area contributed by atoms with Crippen molar-refractivity contribution in [1.29, 1.82) is 0 Å². The van der Waals surface area contributed by atoms with Crippen LogP contribution in [0.15, 0.2) is 36.4 Å². The summed E-state index contributed by atoms with van der Waals surface area (Å²) in [5.41, 5.74) is 1.38. The molecule has 0 aromatic heterocycles. The molecule has 24 heavy (non-hydrogen) atoms. The van der Waals surface area contributed by atoms with E-state index in [1.165, 1.54) is 63.4 Å². The van der Waals surface area contributed by atoms with E-state index in [0.717, 1.165) is 12.4 Å². The van der Waals surface area contributed by atoms with Crippen LogP contribution in [-0.4, -0.2) is 18.8 Å². The third-order valence-corrected chi connectivity index (χ3v) is 4.56. The molecule has 1 unspecified atom stereocenters. The van der Waals surface area contributed by atoms with E-state index in [9.17, 15) is 0 Å². The lowest BCUT2D eigenvalue weighted by molar-refractivity contribution is 0.202. The number of ether oxygens (including phenoxy) is 2. The number of allylic oxidation sites excluding steroid dienone is 2. The highest BCUT2D eigenvalue weighted by atomic mass is 16.6. The highest BCUT2D eigenvalue weighted by Crippen LogP contribution is 2.27. The van der Waals surface area contributed by atoms with Crippen molar-refractivity contribution in [1.82, 2.24) is 0 Å². The Balaban J connectivity index is 1.48. The van der Waals surface area contributed by atoms with Crippen LogP contribution in [0.1, 0.15) is 70.8 Å². The Labute approximate surface area is 148 Å². The first kappa shape index (κ1) is 19.1. The van der Waals surface area contributed by atoms with Gasteiger partial charge in [-0.25, -0.2) is 0 Å². The maximum Gasteiger partial charge on any atom is 0.123 e. The molecule has 0 saturated carbocycles. The summed E-state index contributed by atoms with van der Waals surface area (Å²) in [6.07, 6.45) is 16.3. The van der Waals surface area contributed by atoms with Crippen LogP contribution < -0.4 is 4.74 Å². The van der Waals surface area contributed by atoms with Gasteiger partial charge in [-0.15, -0.1) is 0 Å². The van der Waals surface area contributed by atoms with Crippen LogP contribution in [0, 0.1) is 0 Å². The third-order valence-electron chi connectivity index (χ3n) is 4.56. The van der Waals surface area contributed by atoms with Crippen molar-refractivity contribution in [3.8, 4) is 5.75 Å². The lowest BCUT2D eigenvalue weighted by atomic mass is 10.0. The molecule has 0 bridgehead atoms. The summed E-state index contributed by atoms with van der Waals surface area (Å²) in [6.45, 7) is 5.79. The fourth-order valence-corrected chi connectivity index (χ4v) is 2.72. The predicted molar refractivity (Wildman–Crippen MR) is 102 cm³/mol. The molecule has 1 aromatic rings. The molecule has 1 fully saturated rings. The van der Waals surface area contributed by atoms with Gasteiger partial charge in [0, 0.05) is 0 Å². The summed E-state index contributed by atoms with van der Waals surface area (Å²) in [6, 6.07) is 8.57. The third kappa shape index (κ3) is 8.01. The second kappa shape index (κ2) is 10.6. The molecule has 0 radical (unpaired) electrons. The highest BCUT2D eigenvalue weighted by molar-refractivity contribution is 5.27. The van der Waals surface area contributed by atoms with Crippen LogP contribution in [0.4, 0.5) is 0 Å². The van der Waals surface area contributed by atoms with Crippen molar-refractivity contribution in [2.75, 3.05) is 13.2 Å². The monoisotopic (exact) mass is 330 g/mol. The van der Waals surface area contributed by atoms with Crippen LogP contribution in [0.5, 0.6) is 5.75 Å². The number of aryl methyl sites for hydroxylation is 1. The molecule has 2 nitrogen and oxygen atoms in total. The molecule has 1 atom stereocenters. The van der Waals surface area contributed by atoms with Gasteiger partial charge in [0.05, 0.1) is 6.61 Å². The number of benzene rings is 1. The van der Waals surface area contributed by atoms with E-state index in [1.54, 1.807) is 0 Å². The minimum atomic E-state index is -0.0372. The average Bonchev–Trinajstić information content (AvgIpc) is 3.34. The van der Waals surface area contributed by atoms with Crippen molar-refractivity contribution in [2.45, 2.75) is 77.2 Å². The van der Waals surface area contributed by atoms with Crippen LogP contribution in [0.3, 0.4) is 0 Å². The topological polar surface area (TPSA) is 21.8 Å². The summed E-state index contributed by atoms with van der Waals surface area (Å²) in [5.74, 6) is 0.951. The molecule has 1 aromatic carbocycles. The second-order valence-electron chi connectivity index (χ2n) is 7.24. The first-order valence-corrected chi connectivity index (χ1v) is 9.72. The summed E-state index contributed by atoms with van der Waals surface area (Å²) in [4.78, 5) is 0. The van der Waals surface area contributed by atoms with E-state index in [4.69, 9.17) is 9.47 Å². The zero-order valence-corrected chi connectivity index (χ0v) is 15.6. The summed E-state index contributed by atoms with van der Waals surface area (Å²) >= 11 is 0. The molecule has 1 aliphatic rings. The molecule has 1 heterocycles. The summed E-state index contributed by atoms with van der Waals surface area (Å²) in [7, 11) is 0. The Morgan fingerprint density at radius 2 is 1.67 bits per heavy atom. The highest BCUT2D eigenvalue weighted by Gasteiger charge is 2.40. The second-order valence-corrected chi connectivity index (χ2v) is 7.24. The quantitative estimate of drug-likeness (QED) is 0.248. The van der Waals surface area contributed by atoms with Crippen LogP contribution in [0.2, 0.25) is 0 Å². The Bertz CT molecular complexity index is 471. The van der Waals surface area contributed by atoms with Gasteiger partial charge in [-0.2, -0.15) is 0 Å². The normalized spacial score (nSPS) is 19.8. The predicted octanol–water partition coefficient (Wildman–Crippen LogP) is 6.09. The van der Waals surface area contributed by atoms with E-state index < -0.39 is 0 Å². The fraction of sp³-hybridized carbons (Fsp3) is 0.636. The first-order valence-electron chi connectivity index (χ1n) is 9.72. The molecule has 0 spiro atoms.